The van der Waals surface area contributed by atoms with Gasteiger partial charge in [0.05, 0.1) is 17.9 Å². The number of β-amino-alcohol motifs (C(OH)–C–C–N with tert-alkyl or cyclic N) is 1. The number of aromatic amines is 2. The van der Waals surface area contributed by atoms with E-state index in [2.05, 4.69) is 19.9 Å². The van der Waals surface area contributed by atoms with Gasteiger partial charge in [0.1, 0.15) is 5.52 Å². The van der Waals surface area contributed by atoms with Crippen LogP contribution in [-0.4, -0.2) is 55.9 Å². The topological polar surface area (TPSA) is 105 Å². The van der Waals surface area contributed by atoms with Crippen LogP contribution in [0.15, 0.2) is 17.3 Å². The maximum absolute atomic E-state index is 11.6. The van der Waals surface area contributed by atoms with Gasteiger partial charge in [-0.3, -0.25) is 9.69 Å². The molecule has 1 saturated heterocycles. The van der Waals surface area contributed by atoms with Gasteiger partial charge in [-0.25, -0.2) is 4.98 Å². The van der Waals surface area contributed by atoms with Gasteiger partial charge >= 0.3 is 0 Å². The smallest absolute Gasteiger partial charge is 0.275 e. The van der Waals surface area contributed by atoms with E-state index in [4.69, 9.17) is 5.11 Å². The molecule has 3 heterocycles. The SMILES string of the molecule is O=c1[nH]cnc2c(CN3C[C@@H](CO)[C@H](O)C3)c[nH]c12. The highest BCUT2D eigenvalue weighted by molar-refractivity contribution is 5.77. The molecule has 7 heteroatoms. The fourth-order valence-electron chi connectivity index (χ4n) is 2.62. The monoisotopic (exact) mass is 264 g/mol. The van der Waals surface area contributed by atoms with Crippen LogP contribution in [0.2, 0.25) is 0 Å². The molecule has 102 valence electrons. The number of aliphatic hydroxyl groups excluding tert-OH is 2. The van der Waals surface area contributed by atoms with E-state index in [1.807, 2.05) is 0 Å². The second-order valence-electron chi connectivity index (χ2n) is 4.97. The van der Waals surface area contributed by atoms with Gasteiger partial charge in [0.2, 0.25) is 0 Å². The Labute approximate surface area is 108 Å². The molecule has 0 aliphatic carbocycles. The fourth-order valence-corrected chi connectivity index (χ4v) is 2.62. The summed E-state index contributed by atoms with van der Waals surface area (Å²) in [5.41, 5.74) is 1.86. The van der Waals surface area contributed by atoms with Gasteiger partial charge in [0.15, 0.2) is 0 Å². The number of aliphatic hydroxyl groups is 2. The van der Waals surface area contributed by atoms with Gasteiger partial charge < -0.3 is 20.2 Å². The molecular formula is C12H16N4O3. The minimum Gasteiger partial charge on any atom is -0.396 e. The Morgan fingerprint density at radius 1 is 1.42 bits per heavy atom. The number of nitrogens with zero attached hydrogens (tertiary/aromatic N) is 2. The van der Waals surface area contributed by atoms with Crippen LogP contribution < -0.4 is 5.56 Å². The van der Waals surface area contributed by atoms with Gasteiger partial charge in [-0.2, -0.15) is 0 Å². The van der Waals surface area contributed by atoms with Crippen LogP contribution >= 0.6 is 0 Å². The molecular weight excluding hydrogens is 248 g/mol. The zero-order valence-electron chi connectivity index (χ0n) is 10.3. The first-order chi connectivity index (χ1) is 9.19. The van der Waals surface area contributed by atoms with Crippen molar-refractivity contribution in [2.24, 2.45) is 5.92 Å². The molecule has 2 aromatic heterocycles. The molecule has 0 spiro atoms. The van der Waals surface area contributed by atoms with Crippen LogP contribution in [0, 0.1) is 5.92 Å². The lowest BCUT2D eigenvalue weighted by atomic mass is 10.1. The second kappa shape index (κ2) is 4.76. The predicted molar refractivity (Wildman–Crippen MR) is 68.6 cm³/mol. The Kier molecular flexibility index (Phi) is 3.09. The van der Waals surface area contributed by atoms with Crippen molar-refractivity contribution in [3.8, 4) is 0 Å². The number of hydrogen-bond acceptors (Lipinski definition) is 5. The minimum atomic E-state index is -0.494. The lowest BCUT2D eigenvalue weighted by Crippen LogP contribution is -2.21. The highest BCUT2D eigenvalue weighted by Gasteiger charge is 2.30. The quantitative estimate of drug-likeness (QED) is 0.571. The van der Waals surface area contributed by atoms with Gasteiger partial charge in [-0.15, -0.1) is 0 Å². The number of rotatable bonds is 3. The number of likely N-dealkylation sites (tertiary alicyclic amines) is 1. The molecule has 0 radical (unpaired) electrons. The van der Waals surface area contributed by atoms with E-state index in [-0.39, 0.29) is 18.1 Å². The summed E-state index contributed by atoms with van der Waals surface area (Å²) >= 11 is 0. The molecule has 1 aliphatic heterocycles. The fraction of sp³-hybridized carbons (Fsp3) is 0.500. The van der Waals surface area contributed by atoms with Gasteiger partial charge in [-0.05, 0) is 0 Å². The van der Waals surface area contributed by atoms with E-state index in [0.29, 0.717) is 30.7 Å². The number of nitrogens with one attached hydrogen (secondary N) is 2. The summed E-state index contributed by atoms with van der Waals surface area (Å²) in [6.45, 7) is 1.77. The number of fused-ring (bicyclic) bond motifs is 1. The van der Waals surface area contributed by atoms with Crippen LogP contribution in [0.4, 0.5) is 0 Å². The Hall–Kier alpha value is -1.70. The molecule has 1 fully saturated rings. The molecule has 2 atom stereocenters. The molecule has 2 aromatic rings. The van der Waals surface area contributed by atoms with E-state index in [0.717, 1.165) is 5.56 Å². The first-order valence-corrected chi connectivity index (χ1v) is 6.24. The van der Waals surface area contributed by atoms with E-state index in [1.54, 1.807) is 6.20 Å². The molecule has 4 N–H and O–H groups in total. The summed E-state index contributed by atoms with van der Waals surface area (Å²) in [4.78, 5) is 23.2. The minimum absolute atomic E-state index is 0.0104. The van der Waals surface area contributed by atoms with Gasteiger partial charge in [0, 0.05) is 43.9 Å². The molecule has 0 bridgehead atoms. The number of H-pyrrole nitrogens is 2. The molecule has 0 saturated carbocycles. The molecule has 1 aliphatic rings. The largest absolute Gasteiger partial charge is 0.396 e. The average Bonchev–Trinajstić information content (AvgIpc) is 2.95. The molecule has 0 amide bonds. The first kappa shape index (κ1) is 12.3. The molecule has 19 heavy (non-hydrogen) atoms. The van der Waals surface area contributed by atoms with Gasteiger partial charge in [-0.1, -0.05) is 0 Å². The van der Waals surface area contributed by atoms with Crippen molar-refractivity contribution < 1.29 is 10.2 Å². The van der Waals surface area contributed by atoms with Crippen molar-refractivity contribution in [3.05, 3.63) is 28.4 Å². The maximum Gasteiger partial charge on any atom is 0.275 e. The average molecular weight is 264 g/mol. The van der Waals surface area contributed by atoms with E-state index >= 15 is 0 Å². The Balaban J connectivity index is 1.83. The maximum atomic E-state index is 11.6. The van der Waals surface area contributed by atoms with Gasteiger partial charge in [0.25, 0.3) is 5.56 Å². The molecule has 3 rings (SSSR count). The van der Waals surface area contributed by atoms with Crippen LogP contribution in [0.3, 0.4) is 0 Å². The molecule has 7 nitrogen and oxygen atoms in total. The van der Waals surface area contributed by atoms with Crippen LogP contribution in [-0.2, 0) is 6.54 Å². The highest BCUT2D eigenvalue weighted by atomic mass is 16.3. The summed E-state index contributed by atoms with van der Waals surface area (Å²) in [7, 11) is 0. The van der Waals surface area contributed by atoms with Crippen molar-refractivity contribution >= 4 is 11.0 Å². The lowest BCUT2D eigenvalue weighted by molar-refractivity contribution is 0.103. The third-order valence-corrected chi connectivity index (χ3v) is 3.66. The Morgan fingerprint density at radius 3 is 3.00 bits per heavy atom. The van der Waals surface area contributed by atoms with Crippen molar-refractivity contribution in [1.29, 1.82) is 0 Å². The summed E-state index contributed by atoms with van der Waals surface area (Å²) in [6, 6.07) is 0. The van der Waals surface area contributed by atoms with E-state index in [9.17, 15) is 9.90 Å². The van der Waals surface area contributed by atoms with Crippen molar-refractivity contribution in [3.63, 3.8) is 0 Å². The summed E-state index contributed by atoms with van der Waals surface area (Å²) in [6.07, 6.45) is 2.66. The number of aromatic nitrogens is 3. The second-order valence-corrected chi connectivity index (χ2v) is 4.97. The third kappa shape index (κ3) is 2.16. The van der Waals surface area contributed by atoms with E-state index < -0.39 is 6.10 Å². The normalized spacial score (nSPS) is 24.3. The summed E-state index contributed by atoms with van der Waals surface area (Å²) in [5, 5.41) is 18.9. The first-order valence-electron chi connectivity index (χ1n) is 6.24. The predicted octanol–water partition coefficient (Wildman–Crippen LogP) is -0.964. The summed E-state index contributed by atoms with van der Waals surface area (Å²) in [5.74, 6) is -0.0958. The van der Waals surface area contributed by atoms with Crippen LogP contribution in [0.1, 0.15) is 5.56 Å². The third-order valence-electron chi connectivity index (χ3n) is 3.66. The van der Waals surface area contributed by atoms with E-state index in [1.165, 1.54) is 6.33 Å². The Bertz CT molecular complexity index is 635. The van der Waals surface area contributed by atoms with Crippen LogP contribution in [0.5, 0.6) is 0 Å². The Morgan fingerprint density at radius 2 is 2.26 bits per heavy atom. The standard InChI is InChI=1S/C12H16N4O3/c17-5-8-3-16(4-9(8)18)2-7-1-13-11-10(7)14-6-15-12(11)19/h1,6,8-9,13,17-18H,2-5H2,(H,14,15,19)/t8-,9+/m0/s1. The van der Waals surface area contributed by atoms with Crippen molar-refractivity contribution in [1.82, 2.24) is 19.9 Å². The zero-order valence-corrected chi connectivity index (χ0v) is 10.3. The molecule has 0 aromatic carbocycles. The van der Waals surface area contributed by atoms with Crippen LogP contribution in [0.25, 0.3) is 11.0 Å². The zero-order chi connectivity index (χ0) is 13.4. The molecule has 0 unspecified atom stereocenters. The van der Waals surface area contributed by atoms with Crippen molar-refractivity contribution in [2.45, 2.75) is 12.6 Å². The summed E-state index contributed by atoms with van der Waals surface area (Å²) < 4.78 is 0. The highest BCUT2D eigenvalue weighted by Crippen LogP contribution is 2.21. The lowest BCUT2D eigenvalue weighted by Gasteiger charge is -2.13. The number of hydrogen-bond donors (Lipinski definition) is 4. The van der Waals surface area contributed by atoms with Crippen molar-refractivity contribution in [2.75, 3.05) is 19.7 Å².